The summed E-state index contributed by atoms with van der Waals surface area (Å²) in [4.78, 5) is 10.5. The molecule has 4 heterocycles. The van der Waals surface area contributed by atoms with Gasteiger partial charge in [0.2, 0.25) is 0 Å². The predicted octanol–water partition coefficient (Wildman–Crippen LogP) is 14.3. The van der Waals surface area contributed by atoms with Crippen molar-refractivity contribution in [3.63, 3.8) is 0 Å². The maximum atomic E-state index is 6.85. The predicted molar refractivity (Wildman–Crippen MR) is 245 cm³/mol. The number of ether oxygens (including phenoxy) is 1. The third-order valence-electron chi connectivity index (χ3n) is 12.4. The zero-order valence-corrected chi connectivity index (χ0v) is 33.2. The van der Waals surface area contributed by atoms with Crippen molar-refractivity contribution in [2.24, 2.45) is 0 Å². The van der Waals surface area contributed by atoms with Crippen molar-refractivity contribution >= 4 is 76.7 Å². The van der Waals surface area contributed by atoms with Crippen molar-refractivity contribution in [3.05, 3.63) is 180 Å². The number of nitrogens with zero attached hydrogens (tertiary/aromatic N) is 4. The van der Waals surface area contributed by atoms with E-state index < -0.39 is 0 Å². The molecular formula is C54H38N4O. The molecule has 0 aliphatic heterocycles. The summed E-state index contributed by atoms with van der Waals surface area (Å²) in [5.41, 5.74) is 18.2. The second kappa shape index (κ2) is 12.5. The van der Waals surface area contributed by atoms with Gasteiger partial charge in [-0.25, -0.2) is 9.97 Å². The van der Waals surface area contributed by atoms with Crippen molar-refractivity contribution in [3.8, 4) is 33.8 Å². The first kappa shape index (κ1) is 33.6. The topological polar surface area (TPSA) is 43.8 Å². The number of rotatable bonds is 4. The second-order valence-corrected chi connectivity index (χ2v) is 16.0. The number of imidazole rings is 2. The van der Waals surface area contributed by atoms with Gasteiger partial charge in [0.05, 0.1) is 33.1 Å². The first-order valence-corrected chi connectivity index (χ1v) is 20.2. The molecule has 0 aliphatic carbocycles. The lowest BCUT2D eigenvalue weighted by Gasteiger charge is -2.17. The Kier molecular flexibility index (Phi) is 7.12. The molecular weight excluding hydrogens is 721 g/mol. The summed E-state index contributed by atoms with van der Waals surface area (Å²) in [6, 6.07) is 56.3. The number of para-hydroxylation sites is 4. The van der Waals surface area contributed by atoms with E-state index in [2.05, 4.69) is 194 Å². The highest BCUT2D eigenvalue weighted by Gasteiger charge is 2.20. The van der Waals surface area contributed by atoms with Gasteiger partial charge in [0.15, 0.2) is 0 Å². The fourth-order valence-corrected chi connectivity index (χ4v) is 9.86. The third-order valence-corrected chi connectivity index (χ3v) is 12.4. The summed E-state index contributed by atoms with van der Waals surface area (Å²) >= 11 is 0. The largest absolute Gasteiger partial charge is 0.457 e. The Morgan fingerprint density at radius 3 is 1.54 bits per heavy atom. The lowest BCUT2D eigenvalue weighted by molar-refractivity contribution is 0.484. The molecule has 0 spiro atoms. The summed E-state index contributed by atoms with van der Waals surface area (Å²) in [6.45, 7) is 8.79. The lowest BCUT2D eigenvalue weighted by Crippen LogP contribution is -1.96. The van der Waals surface area contributed by atoms with Gasteiger partial charge in [0.25, 0.3) is 0 Å². The smallest absolute Gasteiger partial charge is 0.146 e. The number of pyridine rings is 2. The van der Waals surface area contributed by atoms with Gasteiger partial charge in [-0.05, 0) is 156 Å². The Morgan fingerprint density at radius 2 is 0.898 bits per heavy atom. The summed E-state index contributed by atoms with van der Waals surface area (Å²) < 4.78 is 11.5. The van der Waals surface area contributed by atoms with E-state index >= 15 is 0 Å². The van der Waals surface area contributed by atoms with Gasteiger partial charge in [0, 0.05) is 21.5 Å². The van der Waals surface area contributed by atoms with Crippen molar-refractivity contribution < 1.29 is 4.74 Å². The molecule has 0 saturated carbocycles. The quantitative estimate of drug-likeness (QED) is 0.168. The molecule has 4 aromatic heterocycles. The van der Waals surface area contributed by atoms with Crippen LogP contribution < -0.4 is 4.74 Å². The molecule has 0 unspecified atom stereocenters. The van der Waals surface area contributed by atoms with E-state index in [0.717, 1.165) is 77.4 Å². The number of hydrogen-bond acceptors (Lipinski definition) is 3. The monoisotopic (exact) mass is 758 g/mol. The maximum absolute atomic E-state index is 6.85. The molecule has 0 N–H and O–H groups in total. The van der Waals surface area contributed by atoms with E-state index in [4.69, 9.17) is 14.7 Å². The summed E-state index contributed by atoms with van der Waals surface area (Å²) in [5, 5.41) is 6.73. The molecule has 12 aromatic rings. The molecule has 0 atom stereocenters. The third kappa shape index (κ3) is 4.91. The van der Waals surface area contributed by atoms with E-state index in [1.807, 2.05) is 0 Å². The van der Waals surface area contributed by atoms with Gasteiger partial charge in [-0.1, -0.05) is 84.9 Å². The van der Waals surface area contributed by atoms with Crippen LogP contribution in [0.3, 0.4) is 0 Å². The lowest BCUT2D eigenvalue weighted by atomic mass is 9.91. The fourth-order valence-electron chi connectivity index (χ4n) is 9.86. The number of benzene rings is 8. The molecule has 0 amide bonds. The van der Waals surface area contributed by atoms with Crippen molar-refractivity contribution in [2.45, 2.75) is 27.7 Å². The van der Waals surface area contributed by atoms with Crippen LogP contribution in [0.4, 0.5) is 0 Å². The number of aryl methyl sites for hydroxylation is 4. The Morgan fingerprint density at radius 1 is 0.390 bits per heavy atom. The zero-order valence-electron chi connectivity index (χ0n) is 33.2. The summed E-state index contributed by atoms with van der Waals surface area (Å²) in [6.07, 6.45) is 0. The zero-order chi connectivity index (χ0) is 39.5. The normalized spacial score (nSPS) is 12.1. The summed E-state index contributed by atoms with van der Waals surface area (Å²) in [7, 11) is 0. The first-order valence-electron chi connectivity index (χ1n) is 20.2. The fraction of sp³-hybridized carbons (Fsp3) is 0.0741. The number of hydrogen-bond donors (Lipinski definition) is 0. The van der Waals surface area contributed by atoms with Crippen LogP contribution in [0.2, 0.25) is 0 Å². The Hall–Kier alpha value is -7.50. The average molecular weight is 759 g/mol. The van der Waals surface area contributed by atoms with E-state index in [-0.39, 0.29) is 0 Å². The second-order valence-electron chi connectivity index (χ2n) is 16.0. The van der Waals surface area contributed by atoms with E-state index in [1.54, 1.807) is 0 Å². The number of fused-ring (bicyclic) bond motifs is 16. The van der Waals surface area contributed by atoms with Gasteiger partial charge in [-0.3, -0.25) is 8.80 Å². The minimum absolute atomic E-state index is 0.748. The first-order chi connectivity index (χ1) is 28.9. The van der Waals surface area contributed by atoms with E-state index in [0.29, 0.717) is 0 Å². The van der Waals surface area contributed by atoms with Crippen molar-refractivity contribution in [1.82, 2.24) is 18.8 Å². The SMILES string of the molecule is Cc1cccc(C)c1-c1ccc2c3ccc(Oc4ccc5c(c4)c4nc6ccccc6n4c4cccc(-c6c(C)cccc6C)c54)cc3c3nc4ccccc4n3c2c1. The van der Waals surface area contributed by atoms with E-state index in [9.17, 15) is 0 Å². The van der Waals surface area contributed by atoms with Crippen LogP contribution in [0.15, 0.2) is 158 Å². The van der Waals surface area contributed by atoms with Gasteiger partial charge in [-0.2, -0.15) is 0 Å². The van der Waals surface area contributed by atoms with Crippen LogP contribution in [0.25, 0.3) is 99.0 Å². The van der Waals surface area contributed by atoms with Gasteiger partial charge < -0.3 is 4.74 Å². The van der Waals surface area contributed by atoms with Crippen LogP contribution in [0.5, 0.6) is 11.5 Å². The van der Waals surface area contributed by atoms with Crippen LogP contribution in [-0.4, -0.2) is 18.8 Å². The molecule has 5 nitrogen and oxygen atoms in total. The van der Waals surface area contributed by atoms with Gasteiger partial charge >= 0.3 is 0 Å². The molecule has 0 bridgehead atoms. The molecule has 0 saturated heterocycles. The maximum Gasteiger partial charge on any atom is 0.146 e. The number of aromatic nitrogens is 4. The van der Waals surface area contributed by atoms with Crippen LogP contribution in [0.1, 0.15) is 22.3 Å². The Balaban J connectivity index is 1.07. The highest BCUT2D eigenvalue weighted by atomic mass is 16.5. The Bertz CT molecular complexity index is 3720. The van der Waals surface area contributed by atoms with Crippen LogP contribution in [0, 0.1) is 27.7 Å². The average Bonchev–Trinajstić information content (AvgIpc) is 3.84. The summed E-state index contributed by atoms with van der Waals surface area (Å²) in [5.74, 6) is 1.50. The molecule has 5 heteroatoms. The standard InChI is InChI=1S/C54H38N4O/c1-31-12-9-13-32(2)50(31)35-22-25-39-38-26-23-36(29-42(38)53-55-45-18-6-8-20-47(45)58(53)49(39)28-35)59-37-24-27-40-43(30-37)54-56-44-17-5-7-19-46(44)57(54)48-21-11-16-41(52(40)48)51-33(3)14-10-15-34(51)4/h5-30H,1-4H3. The Labute approximate surface area is 340 Å². The molecule has 12 rings (SSSR count). The molecule has 0 aliphatic rings. The van der Waals surface area contributed by atoms with Crippen LogP contribution >= 0.6 is 0 Å². The highest BCUT2D eigenvalue weighted by Crippen LogP contribution is 2.43. The molecule has 0 radical (unpaired) electrons. The van der Waals surface area contributed by atoms with Gasteiger partial charge in [-0.15, -0.1) is 0 Å². The van der Waals surface area contributed by atoms with E-state index in [1.165, 1.54) is 55.3 Å². The molecule has 8 aromatic carbocycles. The van der Waals surface area contributed by atoms with Crippen molar-refractivity contribution in [2.75, 3.05) is 0 Å². The molecule has 280 valence electrons. The minimum Gasteiger partial charge on any atom is -0.457 e. The van der Waals surface area contributed by atoms with Crippen LogP contribution in [-0.2, 0) is 0 Å². The molecule has 0 fully saturated rings. The van der Waals surface area contributed by atoms with Gasteiger partial charge in [0.1, 0.15) is 22.8 Å². The van der Waals surface area contributed by atoms with Crippen molar-refractivity contribution in [1.29, 1.82) is 0 Å². The molecule has 59 heavy (non-hydrogen) atoms. The highest BCUT2D eigenvalue weighted by molar-refractivity contribution is 6.19. The minimum atomic E-state index is 0.748.